The van der Waals surface area contributed by atoms with Gasteiger partial charge in [0, 0.05) is 22.2 Å². The average molecular weight is 359 g/mol. The number of nitrogens with zero attached hydrogens (tertiary/aromatic N) is 2. The molecule has 0 radical (unpaired) electrons. The first-order chi connectivity index (χ1) is 11.9. The van der Waals surface area contributed by atoms with Gasteiger partial charge >= 0.3 is 5.97 Å². The number of hydrogen-bond acceptors (Lipinski definition) is 6. The van der Waals surface area contributed by atoms with Crippen molar-refractivity contribution in [2.75, 3.05) is 17.7 Å². The summed E-state index contributed by atoms with van der Waals surface area (Å²) >= 11 is 5.98. The Labute approximate surface area is 148 Å². The topological polar surface area (TPSA) is 110 Å². The van der Waals surface area contributed by atoms with E-state index >= 15 is 0 Å². The standard InChI is InChI=1S/C17H15ClN4O3/c1-9-4-11(19)6-13-16(9)17(21-8-20-13)22-12-3-2-10(18)5-14(12)25-7-15(23)24/h2-6,8H,7,19H2,1H3,(H,23,24)(H,20,21,22). The van der Waals surface area contributed by atoms with Crippen molar-refractivity contribution >= 4 is 45.7 Å². The number of benzene rings is 2. The Kier molecular flexibility index (Phi) is 4.58. The van der Waals surface area contributed by atoms with Crippen molar-refractivity contribution < 1.29 is 14.6 Å². The monoisotopic (exact) mass is 358 g/mol. The van der Waals surface area contributed by atoms with E-state index in [4.69, 9.17) is 27.2 Å². The lowest BCUT2D eigenvalue weighted by molar-refractivity contribution is -0.139. The number of aryl methyl sites for hydroxylation is 1. The number of aliphatic carboxylic acids is 1. The van der Waals surface area contributed by atoms with E-state index in [0.29, 0.717) is 33.5 Å². The molecule has 0 saturated heterocycles. The van der Waals surface area contributed by atoms with Crippen LogP contribution in [0.25, 0.3) is 10.9 Å². The maximum Gasteiger partial charge on any atom is 0.341 e. The smallest absolute Gasteiger partial charge is 0.341 e. The van der Waals surface area contributed by atoms with E-state index in [-0.39, 0.29) is 0 Å². The summed E-state index contributed by atoms with van der Waals surface area (Å²) in [4.78, 5) is 19.3. The Morgan fingerprint density at radius 1 is 1.32 bits per heavy atom. The maximum absolute atomic E-state index is 10.8. The minimum Gasteiger partial charge on any atom is -0.480 e. The third-order valence-corrected chi connectivity index (χ3v) is 3.74. The Bertz CT molecular complexity index is 962. The zero-order valence-electron chi connectivity index (χ0n) is 13.3. The molecule has 1 heterocycles. The number of fused-ring (bicyclic) bond motifs is 1. The molecule has 0 aliphatic heterocycles. The van der Waals surface area contributed by atoms with Gasteiger partial charge in [-0.15, -0.1) is 0 Å². The summed E-state index contributed by atoms with van der Waals surface area (Å²) in [6.07, 6.45) is 1.43. The van der Waals surface area contributed by atoms with Gasteiger partial charge in [0.05, 0.1) is 11.2 Å². The zero-order chi connectivity index (χ0) is 18.0. The van der Waals surface area contributed by atoms with Crippen molar-refractivity contribution in [3.05, 3.63) is 47.2 Å². The molecule has 8 heteroatoms. The lowest BCUT2D eigenvalue weighted by Gasteiger charge is -2.14. The van der Waals surface area contributed by atoms with Gasteiger partial charge in [0.2, 0.25) is 0 Å². The first-order valence-corrected chi connectivity index (χ1v) is 7.74. The molecule has 3 aromatic rings. The summed E-state index contributed by atoms with van der Waals surface area (Å²) in [7, 11) is 0. The van der Waals surface area contributed by atoms with Crippen molar-refractivity contribution in [2.24, 2.45) is 0 Å². The molecular formula is C17H15ClN4O3. The number of rotatable bonds is 5. The molecule has 0 spiro atoms. The van der Waals surface area contributed by atoms with Gasteiger partial charge < -0.3 is 20.9 Å². The van der Waals surface area contributed by atoms with Crippen LogP contribution in [0.5, 0.6) is 5.75 Å². The van der Waals surface area contributed by atoms with Gasteiger partial charge in [-0.3, -0.25) is 0 Å². The van der Waals surface area contributed by atoms with E-state index in [1.165, 1.54) is 6.33 Å². The summed E-state index contributed by atoms with van der Waals surface area (Å²) in [5.41, 5.74) is 8.65. The van der Waals surface area contributed by atoms with Crippen molar-refractivity contribution in [3.63, 3.8) is 0 Å². The normalized spacial score (nSPS) is 10.6. The third-order valence-electron chi connectivity index (χ3n) is 3.51. The van der Waals surface area contributed by atoms with E-state index in [2.05, 4.69) is 15.3 Å². The fourth-order valence-corrected chi connectivity index (χ4v) is 2.66. The Balaban J connectivity index is 2.03. The second kappa shape index (κ2) is 6.82. The number of hydrogen-bond donors (Lipinski definition) is 3. The maximum atomic E-state index is 10.8. The van der Waals surface area contributed by atoms with Crippen LogP contribution < -0.4 is 15.8 Å². The summed E-state index contributed by atoms with van der Waals surface area (Å²) in [6.45, 7) is 1.44. The number of halogens is 1. The summed E-state index contributed by atoms with van der Waals surface area (Å²) in [5.74, 6) is -0.204. The molecule has 7 nitrogen and oxygen atoms in total. The van der Waals surface area contributed by atoms with Crippen LogP contribution in [-0.2, 0) is 4.79 Å². The van der Waals surface area contributed by atoms with Crippen LogP contribution in [0, 0.1) is 6.92 Å². The van der Waals surface area contributed by atoms with E-state index in [1.807, 2.05) is 13.0 Å². The molecule has 128 valence electrons. The summed E-state index contributed by atoms with van der Waals surface area (Å²) < 4.78 is 5.30. The summed E-state index contributed by atoms with van der Waals surface area (Å²) in [6, 6.07) is 8.51. The van der Waals surface area contributed by atoms with Crippen molar-refractivity contribution in [3.8, 4) is 5.75 Å². The SMILES string of the molecule is Cc1cc(N)cc2ncnc(Nc3ccc(Cl)cc3OCC(=O)O)c12. The third kappa shape index (κ3) is 3.72. The minimum absolute atomic E-state index is 0.315. The molecule has 3 rings (SSSR count). The van der Waals surface area contributed by atoms with Crippen LogP contribution in [-0.4, -0.2) is 27.7 Å². The lowest BCUT2D eigenvalue weighted by Crippen LogP contribution is -2.10. The highest BCUT2D eigenvalue weighted by Crippen LogP contribution is 2.33. The second-order valence-electron chi connectivity index (χ2n) is 5.40. The second-order valence-corrected chi connectivity index (χ2v) is 5.84. The molecule has 0 amide bonds. The lowest BCUT2D eigenvalue weighted by atomic mass is 10.1. The summed E-state index contributed by atoms with van der Waals surface area (Å²) in [5, 5.41) is 13.2. The molecule has 2 aromatic carbocycles. The number of nitrogen functional groups attached to an aromatic ring is 1. The molecule has 4 N–H and O–H groups in total. The fourth-order valence-electron chi connectivity index (χ4n) is 2.50. The largest absolute Gasteiger partial charge is 0.480 e. The first kappa shape index (κ1) is 16.8. The molecule has 0 fully saturated rings. The molecule has 0 saturated carbocycles. The Morgan fingerprint density at radius 2 is 2.12 bits per heavy atom. The van der Waals surface area contributed by atoms with Gasteiger partial charge in [0.1, 0.15) is 17.9 Å². The number of nitrogens with two attached hydrogens (primary N) is 1. The predicted octanol–water partition coefficient (Wildman–Crippen LogP) is 3.38. The van der Waals surface area contributed by atoms with Gasteiger partial charge in [0.15, 0.2) is 6.61 Å². The number of carboxylic acid groups (broad SMARTS) is 1. The van der Waals surface area contributed by atoms with Crippen molar-refractivity contribution in [1.82, 2.24) is 9.97 Å². The quantitative estimate of drug-likeness (QED) is 0.599. The fraction of sp³-hybridized carbons (Fsp3) is 0.118. The average Bonchev–Trinajstić information content (AvgIpc) is 2.54. The van der Waals surface area contributed by atoms with Crippen LogP contribution in [0.4, 0.5) is 17.2 Å². The van der Waals surface area contributed by atoms with Gasteiger partial charge in [-0.25, -0.2) is 14.8 Å². The molecule has 0 aliphatic carbocycles. The van der Waals surface area contributed by atoms with Crippen molar-refractivity contribution in [1.29, 1.82) is 0 Å². The highest BCUT2D eigenvalue weighted by atomic mass is 35.5. The number of ether oxygens (including phenoxy) is 1. The number of carboxylic acids is 1. The van der Waals surface area contributed by atoms with Crippen LogP contribution >= 0.6 is 11.6 Å². The molecular weight excluding hydrogens is 344 g/mol. The number of carbonyl (C=O) groups is 1. The molecule has 0 atom stereocenters. The number of anilines is 3. The van der Waals surface area contributed by atoms with E-state index < -0.39 is 12.6 Å². The van der Waals surface area contributed by atoms with Crippen molar-refractivity contribution in [2.45, 2.75) is 6.92 Å². The predicted molar refractivity (Wildman–Crippen MR) is 96.6 cm³/mol. The zero-order valence-corrected chi connectivity index (χ0v) is 14.0. The van der Waals surface area contributed by atoms with Crippen LogP contribution in [0.3, 0.4) is 0 Å². The van der Waals surface area contributed by atoms with Crippen LogP contribution in [0.1, 0.15) is 5.56 Å². The Hall–Kier alpha value is -3.06. The van der Waals surface area contributed by atoms with Gasteiger partial charge in [-0.2, -0.15) is 0 Å². The van der Waals surface area contributed by atoms with Gasteiger partial charge in [-0.05, 0) is 36.8 Å². The van der Waals surface area contributed by atoms with E-state index in [9.17, 15) is 4.79 Å². The molecule has 0 bridgehead atoms. The van der Waals surface area contributed by atoms with E-state index in [0.717, 1.165) is 10.9 Å². The highest BCUT2D eigenvalue weighted by molar-refractivity contribution is 6.30. The van der Waals surface area contributed by atoms with Crippen LogP contribution in [0.15, 0.2) is 36.7 Å². The van der Waals surface area contributed by atoms with Gasteiger partial charge in [0.25, 0.3) is 0 Å². The minimum atomic E-state index is -1.08. The molecule has 0 unspecified atom stereocenters. The van der Waals surface area contributed by atoms with E-state index in [1.54, 1.807) is 24.3 Å². The molecule has 0 aliphatic rings. The number of aromatic nitrogens is 2. The molecule has 1 aromatic heterocycles. The highest BCUT2D eigenvalue weighted by Gasteiger charge is 2.12. The Morgan fingerprint density at radius 3 is 2.88 bits per heavy atom. The molecule has 25 heavy (non-hydrogen) atoms. The number of nitrogens with one attached hydrogen (secondary N) is 1. The first-order valence-electron chi connectivity index (χ1n) is 7.36. The van der Waals surface area contributed by atoms with Gasteiger partial charge in [-0.1, -0.05) is 11.6 Å². The van der Waals surface area contributed by atoms with Crippen LogP contribution in [0.2, 0.25) is 5.02 Å².